The van der Waals surface area contributed by atoms with Gasteiger partial charge in [0, 0.05) is 54.8 Å². The quantitative estimate of drug-likeness (QED) is 0.680. The highest BCUT2D eigenvalue weighted by Gasteiger charge is 2.20. The Balaban J connectivity index is 1.50. The second kappa shape index (κ2) is 10.1. The molecule has 0 spiro atoms. The van der Waals surface area contributed by atoms with Gasteiger partial charge in [-0.2, -0.15) is 0 Å². The zero-order chi connectivity index (χ0) is 19.9. The first kappa shape index (κ1) is 21.0. The van der Waals surface area contributed by atoms with Crippen LogP contribution in [0, 0.1) is 0 Å². The zero-order valence-electron chi connectivity index (χ0n) is 16.2. The molecular formula is C22H26Cl2N2O2. The summed E-state index contributed by atoms with van der Waals surface area (Å²) in [6, 6.07) is 13.5. The van der Waals surface area contributed by atoms with Gasteiger partial charge in [0.2, 0.25) is 5.91 Å². The third kappa shape index (κ3) is 5.63. The van der Waals surface area contributed by atoms with E-state index in [2.05, 4.69) is 4.90 Å². The van der Waals surface area contributed by atoms with Gasteiger partial charge >= 0.3 is 0 Å². The van der Waals surface area contributed by atoms with E-state index in [9.17, 15) is 4.79 Å². The molecule has 0 aromatic heterocycles. The highest BCUT2D eigenvalue weighted by Crippen LogP contribution is 2.26. The highest BCUT2D eigenvalue weighted by molar-refractivity contribution is 6.35. The van der Waals surface area contributed by atoms with Crippen LogP contribution in [0.25, 0.3) is 0 Å². The Morgan fingerprint density at radius 1 is 1.00 bits per heavy atom. The molecule has 1 aliphatic heterocycles. The van der Waals surface area contributed by atoms with Crippen molar-refractivity contribution in [2.24, 2.45) is 0 Å². The Morgan fingerprint density at radius 3 is 2.39 bits per heavy atom. The van der Waals surface area contributed by atoms with Gasteiger partial charge in [-0.1, -0.05) is 41.4 Å². The largest absolute Gasteiger partial charge is 0.497 e. The monoisotopic (exact) mass is 420 g/mol. The van der Waals surface area contributed by atoms with Crippen LogP contribution in [0.5, 0.6) is 5.75 Å². The molecule has 0 atom stereocenters. The first-order valence-electron chi connectivity index (χ1n) is 9.63. The average Bonchev–Trinajstić information content (AvgIpc) is 2.95. The molecular weight excluding hydrogens is 395 g/mol. The van der Waals surface area contributed by atoms with Crippen molar-refractivity contribution in [3.05, 3.63) is 63.6 Å². The van der Waals surface area contributed by atoms with Crippen molar-refractivity contribution < 1.29 is 9.53 Å². The van der Waals surface area contributed by atoms with Crippen LogP contribution in [-0.2, 0) is 17.8 Å². The maximum absolute atomic E-state index is 12.7. The van der Waals surface area contributed by atoms with Crippen molar-refractivity contribution in [2.75, 3.05) is 33.3 Å². The number of methoxy groups -OCH3 is 1. The van der Waals surface area contributed by atoms with E-state index in [1.165, 1.54) is 0 Å². The fraction of sp³-hybridized carbons (Fsp3) is 0.409. The van der Waals surface area contributed by atoms with E-state index in [0.717, 1.165) is 55.9 Å². The maximum atomic E-state index is 12.7. The minimum atomic E-state index is 0.216. The number of aryl methyl sites for hydroxylation is 1. The number of nitrogens with zero attached hydrogens (tertiary/aromatic N) is 2. The van der Waals surface area contributed by atoms with Crippen LogP contribution in [0.3, 0.4) is 0 Å². The Morgan fingerprint density at radius 2 is 1.71 bits per heavy atom. The van der Waals surface area contributed by atoms with E-state index >= 15 is 0 Å². The van der Waals surface area contributed by atoms with Crippen molar-refractivity contribution in [3.63, 3.8) is 0 Å². The molecule has 2 aromatic rings. The summed E-state index contributed by atoms with van der Waals surface area (Å²) in [5.74, 6) is 1.05. The van der Waals surface area contributed by atoms with Gasteiger partial charge in [-0.15, -0.1) is 0 Å². The summed E-state index contributed by atoms with van der Waals surface area (Å²) >= 11 is 12.6. The number of amides is 1. The van der Waals surface area contributed by atoms with Crippen LogP contribution in [0.1, 0.15) is 24.0 Å². The Kier molecular flexibility index (Phi) is 7.60. The summed E-state index contributed by atoms with van der Waals surface area (Å²) < 4.78 is 5.17. The van der Waals surface area contributed by atoms with Crippen molar-refractivity contribution in [3.8, 4) is 5.75 Å². The van der Waals surface area contributed by atoms with Crippen LogP contribution >= 0.6 is 23.2 Å². The molecule has 0 N–H and O–H groups in total. The molecule has 0 bridgehead atoms. The summed E-state index contributed by atoms with van der Waals surface area (Å²) in [6.07, 6.45) is 2.23. The van der Waals surface area contributed by atoms with Gasteiger partial charge in [-0.25, -0.2) is 0 Å². The molecule has 2 aromatic carbocycles. The Hall–Kier alpha value is -1.75. The first-order valence-corrected chi connectivity index (χ1v) is 10.4. The molecule has 6 heteroatoms. The molecule has 0 unspecified atom stereocenters. The van der Waals surface area contributed by atoms with Gasteiger partial charge < -0.3 is 9.64 Å². The number of benzene rings is 2. The number of rotatable bonds is 6. The summed E-state index contributed by atoms with van der Waals surface area (Å²) in [5.41, 5.74) is 2.11. The second-order valence-corrected chi connectivity index (χ2v) is 7.87. The molecule has 0 saturated carbocycles. The topological polar surface area (TPSA) is 32.8 Å². The van der Waals surface area contributed by atoms with E-state index < -0.39 is 0 Å². The predicted molar refractivity (Wildman–Crippen MR) is 114 cm³/mol. The van der Waals surface area contributed by atoms with E-state index in [-0.39, 0.29) is 5.91 Å². The summed E-state index contributed by atoms with van der Waals surface area (Å²) in [5, 5.41) is 1.40. The van der Waals surface area contributed by atoms with Crippen LogP contribution in [0.4, 0.5) is 0 Å². The van der Waals surface area contributed by atoms with Crippen molar-refractivity contribution in [1.82, 2.24) is 9.80 Å². The van der Waals surface area contributed by atoms with Gasteiger partial charge in [0.1, 0.15) is 5.75 Å². The minimum Gasteiger partial charge on any atom is -0.497 e. The molecule has 1 saturated heterocycles. The lowest BCUT2D eigenvalue weighted by molar-refractivity contribution is -0.131. The zero-order valence-corrected chi connectivity index (χ0v) is 17.7. The number of hydrogen-bond acceptors (Lipinski definition) is 3. The minimum absolute atomic E-state index is 0.216. The first-order chi connectivity index (χ1) is 13.6. The smallest absolute Gasteiger partial charge is 0.222 e. The van der Waals surface area contributed by atoms with E-state index in [1.54, 1.807) is 7.11 Å². The number of hydrogen-bond donors (Lipinski definition) is 0. The molecule has 0 radical (unpaired) electrons. The average molecular weight is 421 g/mol. The second-order valence-electron chi connectivity index (χ2n) is 7.06. The number of ether oxygens (including phenoxy) is 1. The fourth-order valence-electron chi connectivity index (χ4n) is 3.49. The number of halogens is 2. The van der Waals surface area contributed by atoms with Gasteiger partial charge in [-0.3, -0.25) is 9.69 Å². The van der Waals surface area contributed by atoms with Gasteiger partial charge in [0.15, 0.2) is 0 Å². The molecule has 150 valence electrons. The van der Waals surface area contributed by atoms with Crippen LogP contribution in [0.2, 0.25) is 10.0 Å². The normalized spacial score (nSPS) is 15.3. The number of carbonyl (C=O) groups excluding carboxylic acids is 1. The van der Waals surface area contributed by atoms with Crippen molar-refractivity contribution in [2.45, 2.75) is 25.8 Å². The fourth-order valence-corrected chi connectivity index (χ4v) is 4.00. The van der Waals surface area contributed by atoms with Gasteiger partial charge in [0.05, 0.1) is 7.11 Å². The predicted octanol–water partition coefficient (Wildman–Crippen LogP) is 4.67. The van der Waals surface area contributed by atoms with E-state index in [4.69, 9.17) is 27.9 Å². The lowest BCUT2D eigenvalue weighted by atomic mass is 10.1. The molecule has 3 rings (SSSR count). The highest BCUT2D eigenvalue weighted by atomic mass is 35.5. The third-order valence-corrected chi connectivity index (χ3v) is 5.88. The standard InChI is InChI=1S/C22H26Cl2N2O2/c1-28-18-9-6-17(7-10-18)8-11-22(27)26-13-3-12-25(14-15-26)16-19-20(23)4-2-5-21(19)24/h2,4-7,9-10H,3,8,11-16H2,1H3. The lowest BCUT2D eigenvalue weighted by Gasteiger charge is -2.23. The molecule has 0 aliphatic carbocycles. The molecule has 4 nitrogen and oxygen atoms in total. The lowest BCUT2D eigenvalue weighted by Crippen LogP contribution is -2.35. The van der Waals surface area contributed by atoms with Gasteiger partial charge in [0.25, 0.3) is 0 Å². The van der Waals surface area contributed by atoms with Crippen LogP contribution < -0.4 is 4.74 Å². The van der Waals surface area contributed by atoms with Crippen molar-refractivity contribution in [1.29, 1.82) is 0 Å². The summed E-state index contributed by atoms with van der Waals surface area (Å²) in [7, 11) is 1.65. The third-order valence-electron chi connectivity index (χ3n) is 5.17. The molecule has 1 aliphatic rings. The van der Waals surface area contributed by atoms with Crippen LogP contribution in [-0.4, -0.2) is 49.0 Å². The molecule has 28 heavy (non-hydrogen) atoms. The molecule has 1 amide bonds. The van der Waals surface area contributed by atoms with Crippen molar-refractivity contribution >= 4 is 29.1 Å². The number of carbonyl (C=O) groups is 1. The summed E-state index contributed by atoms with van der Waals surface area (Å²) in [6.45, 7) is 4.02. The van der Waals surface area contributed by atoms with Gasteiger partial charge in [-0.05, 0) is 42.7 Å². The van der Waals surface area contributed by atoms with E-state index in [0.29, 0.717) is 23.0 Å². The Labute approximate surface area is 177 Å². The summed E-state index contributed by atoms with van der Waals surface area (Å²) in [4.78, 5) is 17.0. The Bertz CT molecular complexity index is 775. The molecule has 1 heterocycles. The van der Waals surface area contributed by atoms with Crippen LogP contribution in [0.15, 0.2) is 42.5 Å². The maximum Gasteiger partial charge on any atom is 0.222 e. The van der Waals surface area contributed by atoms with E-state index in [1.807, 2.05) is 47.4 Å². The SMILES string of the molecule is COc1ccc(CCC(=O)N2CCCN(Cc3c(Cl)cccc3Cl)CC2)cc1. The molecule has 1 fully saturated rings.